The lowest BCUT2D eigenvalue weighted by molar-refractivity contribution is 0.00578. The quantitative estimate of drug-likeness (QED) is 0.672. The molecule has 1 aromatic rings. The van der Waals surface area contributed by atoms with Crippen LogP contribution in [-0.2, 0) is 16.4 Å². The van der Waals surface area contributed by atoms with Gasteiger partial charge in [-0.15, -0.1) is 0 Å². The molecule has 2 rings (SSSR count). The summed E-state index contributed by atoms with van der Waals surface area (Å²) >= 11 is 0. The second kappa shape index (κ2) is 3.72. The smallest absolute Gasteiger partial charge is 0.398 e. The van der Waals surface area contributed by atoms with Crippen molar-refractivity contribution < 1.29 is 9.31 Å². The van der Waals surface area contributed by atoms with Gasteiger partial charge >= 0.3 is 7.12 Å². The Kier molecular flexibility index (Phi) is 2.71. The van der Waals surface area contributed by atoms with E-state index in [-0.39, 0.29) is 16.8 Å². The van der Waals surface area contributed by atoms with Gasteiger partial charge < -0.3 is 13.9 Å². The Bertz CT molecular complexity index is 477. The maximum Gasteiger partial charge on any atom is 0.512 e. The fourth-order valence-corrected chi connectivity index (χ4v) is 1.78. The number of aromatic nitrogens is 1. The van der Waals surface area contributed by atoms with Crippen molar-refractivity contribution in [2.24, 2.45) is 7.05 Å². The summed E-state index contributed by atoms with van der Waals surface area (Å²) in [5.41, 5.74) is -0.0824. The van der Waals surface area contributed by atoms with Gasteiger partial charge in [0.15, 0.2) is 0 Å². The van der Waals surface area contributed by atoms with Gasteiger partial charge in [-0.1, -0.05) is 6.07 Å². The first-order valence-corrected chi connectivity index (χ1v) is 5.76. The van der Waals surface area contributed by atoms with Crippen LogP contribution in [0.3, 0.4) is 0 Å². The van der Waals surface area contributed by atoms with E-state index in [1.807, 2.05) is 33.8 Å². The van der Waals surface area contributed by atoms with Crippen LogP contribution in [-0.4, -0.2) is 22.9 Å². The molecule has 1 aromatic heterocycles. The predicted octanol–water partition coefficient (Wildman–Crippen LogP) is 0.684. The third-order valence-electron chi connectivity index (χ3n) is 3.72. The van der Waals surface area contributed by atoms with Crippen molar-refractivity contribution in [1.29, 1.82) is 0 Å². The Labute approximate surface area is 102 Å². The van der Waals surface area contributed by atoms with Crippen LogP contribution in [0.5, 0.6) is 0 Å². The highest BCUT2D eigenvalue weighted by atomic mass is 16.7. The Hall–Kier alpha value is -1.07. The average Bonchev–Trinajstić information content (AvgIpc) is 2.40. The van der Waals surface area contributed by atoms with Crippen LogP contribution in [0.1, 0.15) is 27.7 Å². The normalized spacial score (nSPS) is 21.8. The number of nitrogens with zero attached hydrogens (tertiary/aromatic N) is 1. The molecule has 1 aliphatic rings. The third kappa shape index (κ3) is 1.94. The minimum Gasteiger partial charge on any atom is -0.398 e. The van der Waals surface area contributed by atoms with Gasteiger partial charge in [0.05, 0.1) is 16.8 Å². The molecular formula is C12H18BNO3. The fourth-order valence-electron chi connectivity index (χ4n) is 1.78. The molecule has 0 aliphatic carbocycles. The first-order valence-electron chi connectivity index (χ1n) is 5.76. The summed E-state index contributed by atoms with van der Waals surface area (Å²) in [5, 5.41) is 0. The highest BCUT2D eigenvalue weighted by Gasteiger charge is 2.52. The van der Waals surface area contributed by atoms with Crippen molar-refractivity contribution in [3.8, 4) is 0 Å². The summed E-state index contributed by atoms with van der Waals surface area (Å²) in [4.78, 5) is 11.6. The number of hydrogen-bond donors (Lipinski definition) is 0. The minimum absolute atomic E-state index is 0.0581. The van der Waals surface area contributed by atoms with Gasteiger partial charge in [-0.2, -0.15) is 0 Å². The van der Waals surface area contributed by atoms with E-state index in [4.69, 9.17) is 9.31 Å². The summed E-state index contributed by atoms with van der Waals surface area (Å²) in [6.07, 6.45) is 0. The lowest BCUT2D eigenvalue weighted by Gasteiger charge is -2.32. The van der Waals surface area contributed by atoms with E-state index in [1.54, 1.807) is 17.7 Å². The number of pyridine rings is 1. The van der Waals surface area contributed by atoms with Crippen LogP contribution in [0.25, 0.3) is 0 Å². The molecule has 0 atom stereocenters. The molecule has 0 spiro atoms. The maximum atomic E-state index is 11.6. The Morgan fingerprint density at radius 2 is 1.65 bits per heavy atom. The van der Waals surface area contributed by atoms with Gasteiger partial charge in [-0.05, 0) is 33.8 Å². The first kappa shape index (κ1) is 12.4. The third-order valence-corrected chi connectivity index (χ3v) is 3.72. The molecule has 0 unspecified atom stereocenters. The zero-order valence-electron chi connectivity index (χ0n) is 11.0. The van der Waals surface area contributed by atoms with Gasteiger partial charge in [-0.3, -0.25) is 4.79 Å². The van der Waals surface area contributed by atoms with Gasteiger partial charge in [0.1, 0.15) is 0 Å². The molecule has 0 radical (unpaired) electrons. The van der Waals surface area contributed by atoms with Gasteiger partial charge in [0, 0.05) is 13.1 Å². The largest absolute Gasteiger partial charge is 0.512 e. The first-order chi connectivity index (χ1) is 7.74. The van der Waals surface area contributed by atoms with Gasteiger partial charge in [0.25, 0.3) is 0 Å². The summed E-state index contributed by atoms with van der Waals surface area (Å²) < 4.78 is 13.4. The van der Waals surface area contributed by atoms with Crippen molar-refractivity contribution in [2.45, 2.75) is 38.9 Å². The highest BCUT2D eigenvalue weighted by molar-refractivity contribution is 6.61. The molecule has 0 saturated carbocycles. The Balaban J connectivity index is 2.39. The van der Waals surface area contributed by atoms with E-state index >= 15 is 0 Å². The zero-order chi connectivity index (χ0) is 12.8. The van der Waals surface area contributed by atoms with Crippen LogP contribution in [0, 0.1) is 0 Å². The van der Waals surface area contributed by atoms with Crippen LogP contribution in [0.2, 0.25) is 0 Å². The number of hydrogen-bond acceptors (Lipinski definition) is 3. The monoisotopic (exact) mass is 235 g/mol. The van der Waals surface area contributed by atoms with Crippen LogP contribution in [0.4, 0.5) is 0 Å². The molecule has 4 nitrogen and oxygen atoms in total. The SMILES string of the molecule is Cn1c(B2OC(C)(C)C(C)(C)O2)cccc1=O. The molecule has 0 amide bonds. The van der Waals surface area contributed by atoms with E-state index < -0.39 is 7.12 Å². The molecular weight excluding hydrogens is 217 g/mol. The summed E-state index contributed by atoms with van der Waals surface area (Å²) in [6.45, 7) is 7.98. The van der Waals surface area contributed by atoms with Gasteiger partial charge in [-0.25, -0.2) is 0 Å². The van der Waals surface area contributed by atoms with Crippen molar-refractivity contribution in [3.05, 3.63) is 28.6 Å². The molecule has 0 bridgehead atoms. The Morgan fingerprint density at radius 1 is 1.12 bits per heavy atom. The van der Waals surface area contributed by atoms with E-state index in [1.165, 1.54) is 6.07 Å². The summed E-state index contributed by atoms with van der Waals surface area (Å²) in [6, 6.07) is 5.10. The summed E-state index contributed by atoms with van der Waals surface area (Å²) in [5.74, 6) is 0. The van der Waals surface area contributed by atoms with E-state index in [0.717, 1.165) is 5.59 Å². The molecule has 92 valence electrons. The van der Waals surface area contributed by atoms with E-state index in [0.29, 0.717) is 0 Å². The fraction of sp³-hybridized carbons (Fsp3) is 0.583. The van der Waals surface area contributed by atoms with E-state index in [9.17, 15) is 4.79 Å². The second-order valence-corrected chi connectivity index (χ2v) is 5.44. The molecule has 0 aromatic carbocycles. The average molecular weight is 235 g/mol. The van der Waals surface area contributed by atoms with Crippen molar-refractivity contribution in [3.63, 3.8) is 0 Å². The minimum atomic E-state index is -0.487. The highest BCUT2D eigenvalue weighted by Crippen LogP contribution is 2.36. The lowest BCUT2D eigenvalue weighted by atomic mass is 9.84. The predicted molar refractivity (Wildman–Crippen MR) is 67.4 cm³/mol. The number of rotatable bonds is 1. The standard InChI is InChI=1S/C12H18BNO3/c1-11(2)12(3,4)17-13(16-11)9-7-6-8-10(15)14(9)5/h6-8H,1-5H3. The van der Waals surface area contributed by atoms with E-state index in [2.05, 4.69) is 0 Å². The second-order valence-electron chi connectivity index (χ2n) is 5.44. The molecule has 1 saturated heterocycles. The molecule has 2 heterocycles. The zero-order valence-corrected chi connectivity index (χ0v) is 11.0. The van der Waals surface area contributed by atoms with Crippen molar-refractivity contribution in [2.75, 3.05) is 0 Å². The molecule has 1 fully saturated rings. The van der Waals surface area contributed by atoms with Crippen LogP contribution >= 0.6 is 0 Å². The lowest BCUT2D eigenvalue weighted by Crippen LogP contribution is -2.44. The molecule has 0 N–H and O–H groups in total. The van der Waals surface area contributed by atoms with Crippen LogP contribution in [0.15, 0.2) is 23.0 Å². The topological polar surface area (TPSA) is 40.5 Å². The Morgan fingerprint density at radius 3 is 2.18 bits per heavy atom. The van der Waals surface area contributed by atoms with Crippen LogP contribution < -0.4 is 11.2 Å². The molecule has 1 aliphatic heterocycles. The van der Waals surface area contributed by atoms with Crippen molar-refractivity contribution >= 4 is 12.7 Å². The maximum absolute atomic E-state index is 11.6. The van der Waals surface area contributed by atoms with Gasteiger partial charge in [0.2, 0.25) is 5.56 Å². The molecule has 17 heavy (non-hydrogen) atoms. The van der Waals surface area contributed by atoms with Crippen molar-refractivity contribution in [1.82, 2.24) is 4.57 Å². The summed E-state index contributed by atoms with van der Waals surface area (Å²) in [7, 11) is 1.24. The molecule has 5 heteroatoms.